The predicted octanol–water partition coefficient (Wildman–Crippen LogP) is 1.96. The van der Waals surface area contributed by atoms with E-state index in [4.69, 9.17) is 4.74 Å². The summed E-state index contributed by atoms with van der Waals surface area (Å²) in [5.41, 5.74) is 0.606. The van der Waals surface area contributed by atoms with Crippen LogP contribution in [-0.4, -0.2) is 29.4 Å². The van der Waals surface area contributed by atoms with Crippen LogP contribution in [0.15, 0.2) is 54.0 Å². The second kappa shape index (κ2) is 5.88. The third kappa shape index (κ3) is 3.11. The number of carbonyl (C=O) groups excluding carboxylic acids is 1. The highest BCUT2D eigenvalue weighted by atomic mass is 32.2. The maximum Gasteiger partial charge on any atom is 0.300 e. The highest BCUT2D eigenvalue weighted by Gasteiger charge is 2.27. The molecule has 0 aliphatic carbocycles. The van der Waals surface area contributed by atoms with Crippen molar-refractivity contribution in [2.45, 2.75) is 19.4 Å². The van der Waals surface area contributed by atoms with Gasteiger partial charge in [0.15, 0.2) is 0 Å². The van der Waals surface area contributed by atoms with Gasteiger partial charge in [-0.2, -0.15) is 8.42 Å². The van der Waals surface area contributed by atoms with Crippen molar-refractivity contribution in [3.05, 3.63) is 59.7 Å². The van der Waals surface area contributed by atoms with Gasteiger partial charge >= 0.3 is 0 Å². The summed E-state index contributed by atoms with van der Waals surface area (Å²) in [7, 11) is -3.76. The van der Waals surface area contributed by atoms with E-state index in [1.54, 1.807) is 31.2 Å². The number of pyridine rings is 1. The summed E-state index contributed by atoms with van der Waals surface area (Å²) >= 11 is 0. The number of nitrogens with one attached hydrogen (secondary N) is 1. The molecule has 1 aliphatic heterocycles. The Bertz CT molecular complexity index is 856. The average Bonchev–Trinajstić information content (AvgIpc) is 3.18. The van der Waals surface area contributed by atoms with Gasteiger partial charge in [-0.3, -0.25) is 9.78 Å². The number of ether oxygens (including phenoxy) is 1. The fourth-order valence-electron chi connectivity index (χ4n) is 2.12. The first-order valence-electron chi connectivity index (χ1n) is 6.99. The minimum Gasteiger partial charge on any atom is -0.479 e. The van der Waals surface area contributed by atoms with E-state index in [1.165, 1.54) is 24.7 Å². The van der Waals surface area contributed by atoms with Gasteiger partial charge in [0.25, 0.3) is 15.9 Å². The number of hydrogen-bond acceptors (Lipinski definition) is 5. The molecule has 1 amide bonds. The fraction of sp³-hybridized carbons (Fsp3) is 0.200. The van der Waals surface area contributed by atoms with Crippen LogP contribution in [0, 0.1) is 0 Å². The second-order valence-electron chi connectivity index (χ2n) is 5.09. The molecule has 8 heteroatoms. The largest absolute Gasteiger partial charge is 0.479 e. The summed E-state index contributed by atoms with van der Waals surface area (Å²) in [5, 5.41) is 2.54. The van der Waals surface area contributed by atoms with Crippen molar-refractivity contribution < 1.29 is 17.9 Å². The van der Waals surface area contributed by atoms with Crippen molar-refractivity contribution >= 4 is 21.6 Å². The lowest BCUT2D eigenvalue weighted by molar-refractivity contribution is 0.102. The predicted molar refractivity (Wildman–Crippen MR) is 84.2 cm³/mol. The molecule has 1 atom stereocenters. The van der Waals surface area contributed by atoms with Crippen LogP contribution in [0.5, 0.6) is 0 Å². The summed E-state index contributed by atoms with van der Waals surface area (Å²) in [6, 6.07) is 6.47. The standard InChI is InChI=1S/C15H15N3O4S/c1-11-5-6-14(22-11)23(20,21)18-9-7-12(10-18)17-15(19)13-4-2-3-8-16-13/h2-4,6-11H,5H2,1H3,(H,17,19). The molecule has 2 aromatic heterocycles. The molecule has 0 aromatic carbocycles. The van der Waals surface area contributed by atoms with Crippen molar-refractivity contribution in [2.24, 2.45) is 0 Å². The summed E-state index contributed by atoms with van der Waals surface area (Å²) in [6.07, 6.45) is 6.14. The summed E-state index contributed by atoms with van der Waals surface area (Å²) in [4.78, 5) is 15.9. The second-order valence-corrected chi connectivity index (χ2v) is 6.87. The molecule has 0 bridgehead atoms. The Kier molecular flexibility index (Phi) is 3.91. The smallest absolute Gasteiger partial charge is 0.300 e. The number of hydrogen-bond donors (Lipinski definition) is 1. The molecule has 0 radical (unpaired) electrons. The van der Waals surface area contributed by atoms with Crippen molar-refractivity contribution in [2.75, 3.05) is 5.32 Å². The molecule has 0 spiro atoms. The van der Waals surface area contributed by atoms with Gasteiger partial charge in [-0.15, -0.1) is 0 Å². The van der Waals surface area contributed by atoms with E-state index in [2.05, 4.69) is 10.3 Å². The first-order chi connectivity index (χ1) is 11.0. The minimum atomic E-state index is -3.76. The Morgan fingerprint density at radius 1 is 1.39 bits per heavy atom. The summed E-state index contributed by atoms with van der Waals surface area (Å²) in [6.45, 7) is 1.80. The number of nitrogens with zero attached hydrogens (tertiary/aromatic N) is 2. The van der Waals surface area contributed by atoms with Crippen LogP contribution in [0.4, 0.5) is 5.69 Å². The lowest BCUT2D eigenvalue weighted by atomic mass is 10.3. The van der Waals surface area contributed by atoms with Crippen LogP contribution in [0.1, 0.15) is 23.8 Å². The lowest BCUT2D eigenvalue weighted by Crippen LogP contribution is -2.16. The third-order valence-electron chi connectivity index (χ3n) is 3.29. The quantitative estimate of drug-likeness (QED) is 0.924. The van der Waals surface area contributed by atoms with Gasteiger partial charge in [-0.25, -0.2) is 3.97 Å². The van der Waals surface area contributed by atoms with E-state index in [0.29, 0.717) is 12.1 Å². The van der Waals surface area contributed by atoms with E-state index in [9.17, 15) is 13.2 Å². The van der Waals surface area contributed by atoms with E-state index in [0.717, 1.165) is 3.97 Å². The van der Waals surface area contributed by atoms with E-state index < -0.39 is 15.9 Å². The number of rotatable bonds is 4. The van der Waals surface area contributed by atoms with Crippen molar-refractivity contribution in [1.29, 1.82) is 0 Å². The van der Waals surface area contributed by atoms with Crippen LogP contribution >= 0.6 is 0 Å². The average molecular weight is 333 g/mol. The maximum absolute atomic E-state index is 12.4. The first kappa shape index (κ1) is 15.3. The van der Waals surface area contributed by atoms with Crippen molar-refractivity contribution in [3.8, 4) is 0 Å². The number of carbonyl (C=O) groups is 1. The highest BCUT2D eigenvalue weighted by Crippen LogP contribution is 2.24. The van der Waals surface area contributed by atoms with Crippen molar-refractivity contribution in [3.63, 3.8) is 0 Å². The molecule has 1 N–H and O–H groups in total. The zero-order chi connectivity index (χ0) is 16.4. The van der Waals surface area contributed by atoms with Gasteiger partial charge in [-0.05, 0) is 31.2 Å². The number of aromatic nitrogens is 2. The molecule has 7 nitrogen and oxygen atoms in total. The molecule has 23 heavy (non-hydrogen) atoms. The van der Waals surface area contributed by atoms with Gasteiger partial charge < -0.3 is 10.1 Å². The molecule has 3 heterocycles. The molecule has 3 rings (SSSR count). The Morgan fingerprint density at radius 2 is 2.22 bits per heavy atom. The Hall–Kier alpha value is -2.61. The summed E-state index contributed by atoms with van der Waals surface area (Å²) in [5.74, 6) is -0.411. The zero-order valence-electron chi connectivity index (χ0n) is 12.3. The molecule has 0 fully saturated rings. The minimum absolute atomic E-state index is 0.0665. The SMILES string of the molecule is CC1CC=C(S(=O)(=O)n2ccc(NC(=O)c3ccccn3)c2)O1. The number of amides is 1. The molecule has 0 saturated heterocycles. The topological polar surface area (TPSA) is 90.3 Å². The normalized spacial score (nSPS) is 17.4. The number of anilines is 1. The van der Waals surface area contributed by atoms with Gasteiger partial charge in [-0.1, -0.05) is 6.07 Å². The van der Waals surface area contributed by atoms with E-state index >= 15 is 0 Å². The van der Waals surface area contributed by atoms with E-state index in [1.807, 2.05) is 0 Å². The zero-order valence-corrected chi connectivity index (χ0v) is 13.2. The molecule has 1 unspecified atom stereocenters. The van der Waals surface area contributed by atoms with Crippen molar-refractivity contribution in [1.82, 2.24) is 8.96 Å². The van der Waals surface area contributed by atoms with Crippen LogP contribution in [0.3, 0.4) is 0 Å². The molecule has 0 saturated carbocycles. The van der Waals surface area contributed by atoms with Crippen LogP contribution in [-0.2, 0) is 14.8 Å². The fourth-order valence-corrected chi connectivity index (χ4v) is 3.39. The Labute approximate surface area is 133 Å². The first-order valence-corrected chi connectivity index (χ1v) is 8.43. The summed E-state index contributed by atoms with van der Waals surface area (Å²) < 4.78 is 31.1. The van der Waals surface area contributed by atoms with Crippen LogP contribution < -0.4 is 5.32 Å². The molecular weight excluding hydrogens is 318 g/mol. The van der Waals surface area contributed by atoms with Gasteiger partial charge in [0.2, 0.25) is 5.09 Å². The van der Waals surface area contributed by atoms with Crippen LogP contribution in [0.2, 0.25) is 0 Å². The van der Waals surface area contributed by atoms with Crippen LogP contribution in [0.25, 0.3) is 0 Å². The highest BCUT2D eigenvalue weighted by molar-refractivity contribution is 7.93. The molecule has 2 aromatic rings. The van der Waals surface area contributed by atoms with Gasteiger partial charge in [0.05, 0.1) is 5.69 Å². The Balaban J connectivity index is 1.77. The molecular formula is C15H15N3O4S. The van der Waals surface area contributed by atoms with Gasteiger partial charge in [0.1, 0.15) is 11.8 Å². The molecule has 1 aliphatic rings. The lowest BCUT2D eigenvalue weighted by Gasteiger charge is -2.09. The monoisotopic (exact) mass is 333 g/mol. The molecule has 120 valence electrons. The third-order valence-corrected chi connectivity index (χ3v) is 4.84. The Morgan fingerprint density at radius 3 is 2.87 bits per heavy atom. The maximum atomic E-state index is 12.4. The van der Waals surface area contributed by atoms with E-state index in [-0.39, 0.29) is 16.9 Å². The van der Waals surface area contributed by atoms with Gasteiger partial charge in [0, 0.05) is 25.0 Å².